The summed E-state index contributed by atoms with van der Waals surface area (Å²) in [6.07, 6.45) is -4.69. The lowest BCUT2D eigenvalue weighted by molar-refractivity contribution is -0.138. The molecule has 0 aliphatic heterocycles. The van der Waals surface area contributed by atoms with Crippen LogP contribution in [0.1, 0.15) is 32.9 Å². The van der Waals surface area contributed by atoms with E-state index in [1.54, 1.807) is 4.57 Å². The highest BCUT2D eigenvalue weighted by molar-refractivity contribution is 7.99. The second kappa shape index (κ2) is 11.7. The third kappa shape index (κ3) is 6.63. The summed E-state index contributed by atoms with van der Waals surface area (Å²) < 4.78 is 55.0. The number of alkyl halides is 3. The molecule has 1 aromatic heterocycles. The molecule has 0 radical (unpaired) electrons. The van der Waals surface area contributed by atoms with Crippen molar-refractivity contribution in [1.82, 2.24) is 20.1 Å². The van der Waals surface area contributed by atoms with E-state index in [1.165, 1.54) is 36.4 Å². The Bertz CT molecular complexity index is 1500. The molecule has 1 heterocycles. The van der Waals surface area contributed by atoms with Crippen LogP contribution in [0.5, 0.6) is 0 Å². The average molecular weight is 558 g/mol. The zero-order valence-corrected chi connectivity index (χ0v) is 21.7. The SMILES string of the molecule is Cc1cccc(-n2c(CNC(=O)c3ccccc3C(F)(F)F)nnc2SCC(=O)Nc2ccc(F)cc2)c1C. The molecule has 0 spiro atoms. The van der Waals surface area contributed by atoms with Gasteiger partial charge in [0.15, 0.2) is 11.0 Å². The van der Waals surface area contributed by atoms with Gasteiger partial charge in [-0.3, -0.25) is 14.2 Å². The fourth-order valence-electron chi connectivity index (χ4n) is 3.77. The maximum absolute atomic E-state index is 13.4. The van der Waals surface area contributed by atoms with Crippen molar-refractivity contribution in [1.29, 1.82) is 0 Å². The molecular formula is C27H23F4N5O2S. The van der Waals surface area contributed by atoms with Gasteiger partial charge in [-0.2, -0.15) is 13.2 Å². The Kier molecular flexibility index (Phi) is 8.34. The van der Waals surface area contributed by atoms with Crippen LogP contribution in [-0.2, 0) is 17.5 Å². The van der Waals surface area contributed by atoms with Gasteiger partial charge in [0, 0.05) is 5.69 Å². The molecule has 4 aromatic rings. The van der Waals surface area contributed by atoms with E-state index in [-0.39, 0.29) is 24.0 Å². The molecule has 0 saturated heterocycles. The van der Waals surface area contributed by atoms with Crippen molar-refractivity contribution in [3.8, 4) is 5.69 Å². The largest absolute Gasteiger partial charge is 0.417 e. The first-order chi connectivity index (χ1) is 18.5. The minimum absolute atomic E-state index is 0.0499. The van der Waals surface area contributed by atoms with Crippen LogP contribution in [0.3, 0.4) is 0 Å². The number of thioether (sulfide) groups is 1. The Morgan fingerprint density at radius 2 is 1.67 bits per heavy atom. The number of benzene rings is 3. The first-order valence-corrected chi connectivity index (χ1v) is 12.7. The van der Waals surface area contributed by atoms with Crippen LogP contribution >= 0.6 is 11.8 Å². The summed E-state index contributed by atoms with van der Waals surface area (Å²) in [6.45, 7) is 3.59. The van der Waals surface area contributed by atoms with Gasteiger partial charge in [0.05, 0.1) is 29.1 Å². The number of amides is 2. The number of carbonyl (C=O) groups excluding carboxylic acids is 2. The number of aromatic nitrogens is 3. The highest BCUT2D eigenvalue weighted by Gasteiger charge is 2.34. The summed E-state index contributed by atoms with van der Waals surface area (Å²) in [7, 11) is 0. The molecule has 0 bridgehead atoms. The maximum atomic E-state index is 13.4. The molecule has 202 valence electrons. The standard InChI is InChI=1S/C27H23F4N5O2S/c1-16-6-5-9-22(17(16)2)36-23(14-32-25(38)20-7-3-4-8-21(20)27(29,30)31)34-35-26(36)39-15-24(37)33-19-12-10-18(28)11-13-19/h3-13H,14-15H2,1-2H3,(H,32,38)(H,33,37). The monoisotopic (exact) mass is 557 g/mol. The first kappa shape index (κ1) is 27.8. The zero-order valence-electron chi connectivity index (χ0n) is 20.8. The van der Waals surface area contributed by atoms with E-state index in [9.17, 15) is 27.2 Å². The third-order valence-corrected chi connectivity index (χ3v) is 6.79. The lowest BCUT2D eigenvalue weighted by Crippen LogP contribution is -2.27. The minimum Gasteiger partial charge on any atom is -0.345 e. The summed E-state index contributed by atoms with van der Waals surface area (Å²) in [5.41, 5.74) is 1.45. The first-order valence-electron chi connectivity index (χ1n) is 11.7. The lowest BCUT2D eigenvalue weighted by Gasteiger charge is -2.15. The number of rotatable bonds is 8. The number of nitrogens with zero attached hydrogens (tertiary/aromatic N) is 3. The molecule has 0 saturated carbocycles. The van der Waals surface area contributed by atoms with Gasteiger partial charge >= 0.3 is 6.18 Å². The van der Waals surface area contributed by atoms with Gasteiger partial charge in [-0.05, 0) is 67.4 Å². The van der Waals surface area contributed by atoms with Crippen LogP contribution in [0.2, 0.25) is 0 Å². The number of hydrogen-bond acceptors (Lipinski definition) is 5. The Labute approximate surface area is 225 Å². The maximum Gasteiger partial charge on any atom is 0.417 e. The van der Waals surface area contributed by atoms with E-state index in [0.717, 1.165) is 35.0 Å². The van der Waals surface area contributed by atoms with E-state index in [2.05, 4.69) is 20.8 Å². The second-order valence-electron chi connectivity index (χ2n) is 8.52. The fraction of sp³-hybridized carbons (Fsp3) is 0.185. The molecule has 0 unspecified atom stereocenters. The smallest absolute Gasteiger partial charge is 0.345 e. The number of hydrogen-bond donors (Lipinski definition) is 2. The Balaban J connectivity index is 1.57. The van der Waals surface area contributed by atoms with Gasteiger partial charge in [0.25, 0.3) is 5.91 Å². The van der Waals surface area contributed by atoms with E-state index >= 15 is 0 Å². The Morgan fingerprint density at radius 1 is 0.949 bits per heavy atom. The Hall–Kier alpha value is -4.19. The fourth-order valence-corrected chi connectivity index (χ4v) is 4.54. The molecular weight excluding hydrogens is 534 g/mol. The highest BCUT2D eigenvalue weighted by Crippen LogP contribution is 2.32. The zero-order chi connectivity index (χ0) is 28.2. The summed E-state index contributed by atoms with van der Waals surface area (Å²) in [4.78, 5) is 25.2. The summed E-state index contributed by atoms with van der Waals surface area (Å²) >= 11 is 1.09. The van der Waals surface area contributed by atoms with Crippen LogP contribution < -0.4 is 10.6 Å². The highest BCUT2D eigenvalue weighted by atomic mass is 32.2. The molecule has 0 atom stereocenters. The molecule has 0 aliphatic rings. The summed E-state index contributed by atoms with van der Waals surface area (Å²) in [5, 5.41) is 13.9. The molecule has 3 aromatic carbocycles. The van der Waals surface area contributed by atoms with Crippen molar-refractivity contribution < 1.29 is 27.2 Å². The number of anilines is 1. The number of aryl methyl sites for hydroxylation is 1. The predicted octanol–water partition coefficient (Wildman–Crippen LogP) is 5.70. The van der Waals surface area contributed by atoms with Crippen molar-refractivity contribution in [3.63, 3.8) is 0 Å². The van der Waals surface area contributed by atoms with Gasteiger partial charge < -0.3 is 10.6 Å². The van der Waals surface area contributed by atoms with Gasteiger partial charge in [-0.15, -0.1) is 10.2 Å². The number of nitrogens with one attached hydrogen (secondary N) is 2. The van der Waals surface area contributed by atoms with Crippen molar-refractivity contribution in [2.75, 3.05) is 11.1 Å². The van der Waals surface area contributed by atoms with Gasteiger partial charge in [-0.25, -0.2) is 4.39 Å². The quantitative estimate of drug-likeness (QED) is 0.214. The molecule has 4 rings (SSSR count). The van der Waals surface area contributed by atoms with E-state index < -0.39 is 29.0 Å². The Morgan fingerprint density at radius 3 is 2.38 bits per heavy atom. The predicted molar refractivity (Wildman–Crippen MR) is 139 cm³/mol. The molecule has 7 nitrogen and oxygen atoms in total. The van der Waals surface area contributed by atoms with Gasteiger partial charge in [0.1, 0.15) is 5.82 Å². The number of carbonyl (C=O) groups is 2. The number of halogens is 4. The van der Waals surface area contributed by atoms with Crippen LogP contribution in [0.4, 0.5) is 23.2 Å². The normalized spacial score (nSPS) is 11.3. The lowest BCUT2D eigenvalue weighted by atomic mass is 10.1. The molecule has 39 heavy (non-hydrogen) atoms. The molecule has 0 fully saturated rings. The van der Waals surface area contributed by atoms with Crippen molar-refractivity contribution in [2.24, 2.45) is 0 Å². The van der Waals surface area contributed by atoms with Crippen LogP contribution in [0.25, 0.3) is 5.69 Å². The van der Waals surface area contributed by atoms with Gasteiger partial charge in [0.2, 0.25) is 5.91 Å². The van der Waals surface area contributed by atoms with E-state index in [0.29, 0.717) is 16.5 Å². The molecule has 2 amide bonds. The van der Waals surface area contributed by atoms with Crippen molar-refractivity contribution in [2.45, 2.75) is 31.7 Å². The van der Waals surface area contributed by atoms with Crippen molar-refractivity contribution in [3.05, 3.63) is 101 Å². The minimum atomic E-state index is -4.69. The molecule has 2 N–H and O–H groups in total. The van der Waals surface area contributed by atoms with Crippen LogP contribution in [-0.4, -0.2) is 32.3 Å². The van der Waals surface area contributed by atoms with Crippen molar-refractivity contribution >= 4 is 29.3 Å². The second-order valence-corrected chi connectivity index (χ2v) is 9.47. The third-order valence-electron chi connectivity index (χ3n) is 5.86. The topological polar surface area (TPSA) is 88.9 Å². The van der Waals surface area contributed by atoms with E-state index in [1.807, 2.05) is 32.0 Å². The summed E-state index contributed by atoms with van der Waals surface area (Å²) in [5.74, 6) is -1.48. The summed E-state index contributed by atoms with van der Waals surface area (Å²) in [6, 6.07) is 15.4. The molecule has 12 heteroatoms. The van der Waals surface area contributed by atoms with Gasteiger partial charge in [-0.1, -0.05) is 36.0 Å². The average Bonchev–Trinajstić information content (AvgIpc) is 3.31. The van der Waals surface area contributed by atoms with E-state index in [4.69, 9.17) is 0 Å². The van der Waals surface area contributed by atoms with Crippen LogP contribution in [0.15, 0.2) is 71.9 Å². The van der Waals surface area contributed by atoms with Crippen LogP contribution in [0, 0.1) is 19.7 Å². The molecule has 0 aliphatic carbocycles.